The minimum absolute atomic E-state index is 0.0159. The summed E-state index contributed by atoms with van der Waals surface area (Å²) in [4.78, 5) is 51.7. The van der Waals surface area contributed by atoms with Crippen molar-refractivity contribution in [3.63, 3.8) is 0 Å². The zero-order valence-corrected chi connectivity index (χ0v) is 22.6. The highest BCUT2D eigenvalue weighted by Gasteiger charge is 2.30. The van der Waals surface area contributed by atoms with Crippen molar-refractivity contribution in [3.8, 4) is 0 Å². The fraction of sp³-hybridized carbons (Fsp3) is 0.192. The van der Waals surface area contributed by atoms with Gasteiger partial charge in [0.25, 0.3) is 17.7 Å². The van der Waals surface area contributed by atoms with E-state index in [-0.39, 0.29) is 41.0 Å². The van der Waals surface area contributed by atoms with Gasteiger partial charge in [-0.3, -0.25) is 19.8 Å². The van der Waals surface area contributed by atoms with E-state index in [2.05, 4.69) is 16.0 Å². The van der Waals surface area contributed by atoms with Gasteiger partial charge in [0.15, 0.2) is 0 Å². The van der Waals surface area contributed by atoms with Crippen LogP contribution in [0.5, 0.6) is 0 Å². The first kappa shape index (κ1) is 28.1. The number of rotatable bonds is 8. The molecule has 3 amide bonds. The minimum atomic E-state index is -1.43. The molecule has 1 aromatic carbocycles. The largest absolute Gasteiger partial charge is 0.480 e. The number of hydrogen-bond acceptors (Lipinski definition) is 7. The number of aliphatic carboxylic acids is 1. The van der Waals surface area contributed by atoms with Crippen LogP contribution in [0.15, 0.2) is 59.8 Å². The molecule has 10 nitrogen and oxygen atoms in total. The second-order valence-electron chi connectivity index (χ2n) is 8.59. The number of carbonyl (C=O) groups is 4. The number of carbonyl (C=O) groups excluding carboxylic acids is 3. The van der Waals surface area contributed by atoms with E-state index in [1.165, 1.54) is 28.4 Å². The average molecular weight is 588 g/mol. The number of thiophene rings is 1. The fourth-order valence-electron chi connectivity index (χ4n) is 4.04. The molecule has 1 atom stereocenters. The Labute approximate surface area is 237 Å². The zero-order valence-electron chi connectivity index (χ0n) is 20.3. The summed E-state index contributed by atoms with van der Waals surface area (Å²) in [6.07, 6.45) is 8.76. The zero-order chi connectivity index (χ0) is 28.1. The SMILES string of the molecule is N=C(/C=C1/C=CC=CN1)C(=O)N1CCc2c(cc(Cl)c(C(=O)N[C@@H](CNC(=O)c3cccs3)C(=O)O)c2Cl)C1. The number of hydrogen-bond donors (Lipinski definition) is 5. The van der Waals surface area contributed by atoms with E-state index in [0.29, 0.717) is 28.1 Å². The lowest BCUT2D eigenvalue weighted by molar-refractivity contribution is -0.139. The maximum absolute atomic E-state index is 13.0. The van der Waals surface area contributed by atoms with Gasteiger partial charge in [0.05, 0.1) is 20.5 Å². The average Bonchev–Trinajstić information content (AvgIpc) is 3.46. The van der Waals surface area contributed by atoms with Crippen LogP contribution >= 0.6 is 34.5 Å². The third kappa shape index (κ3) is 6.56. The van der Waals surface area contributed by atoms with Crippen LogP contribution in [-0.2, 0) is 22.6 Å². The van der Waals surface area contributed by atoms with Crippen LogP contribution in [0.4, 0.5) is 0 Å². The molecule has 2 aromatic rings. The predicted octanol–water partition coefficient (Wildman–Crippen LogP) is 3.13. The van der Waals surface area contributed by atoms with Crippen LogP contribution < -0.4 is 16.0 Å². The Morgan fingerprint density at radius 2 is 2.03 bits per heavy atom. The third-order valence-electron chi connectivity index (χ3n) is 6.00. The molecule has 0 fully saturated rings. The fourth-order valence-corrected chi connectivity index (χ4v) is 5.44. The van der Waals surface area contributed by atoms with Gasteiger partial charge in [0.2, 0.25) is 0 Å². The number of halogens is 2. The van der Waals surface area contributed by atoms with E-state index in [4.69, 9.17) is 28.6 Å². The summed E-state index contributed by atoms with van der Waals surface area (Å²) >= 11 is 14.2. The van der Waals surface area contributed by atoms with Gasteiger partial charge in [-0.1, -0.05) is 35.3 Å². The van der Waals surface area contributed by atoms with Crippen molar-refractivity contribution in [1.82, 2.24) is 20.9 Å². The van der Waals surface area contributed by atoms with E-state index < -0.39 is 29.7 Å². The molecule has 5 N–H and O–H groups in total. The molecular weight excluding hydrogens is 565 g/mol. The molecule has 0 saturated heterocycles. The van der Waals surface area contributed by atoms with Crippen LogP contribution in [0.2, 0.25) is 10.0 Å². The molecule has 13 heteroatoms. The van der Waals surface area contributed by atoms with E-state index in [1.54, 1.807) is 41.9 Å². The summed E-state index contributed by atoms with van der Waals surface area (Å²) < 4.78 is 0. The van der Waals surface area contributed by atoms with Crippen LogP contribution in [0, 0.1) is 5.41 Å². The van der Waals surface area contributed by atoms with Gasteiger partial charge in [-0.25, -0.2) is 4.79 Å². The van der Waals surface area contributed by atoms with E-state index in [0.717, 1.165) is 0 Å². The lowest BCUT2D eigenvalue weighted by Gasteiger charge is -2.30. The highest BCUT2D eigenvalue weighted by Crippen LogP contribution is 2.34. The molecular formula is C26H23Cl2N5O5S. The van der Waals surface area contributed by atoms with Crippen LogP contribution in [0.3, 0.4) is 0 Å². The van der Waals surface area contributed by atoms with Crippen molar-refractivity contribution in [2.24, 2.45) is 0 Å². The van der Waals surface area contributed by atoms with E-state index in [9.17, 15) is 24.3 Å². The second-order valence-corrected chi connectivity index (χ2v) is 10.3. The Kier molecular flexibility index (Phi) is 8.85. The predicted molar refractivity (Wildman–Crippen MR) is 148 cm³/mol. The van der Waals surface area contributed by atoms with Crippen molar-refractivity contribution in [2.45, 2.75) is 19.0 Å². The summed E-state index contributed by atoms with van der Waals surface area (Å²) in [6, 6.07) is 3.38. The van der Waals surface area contributed by atoms with Crippen molar-refractivity contribution >= 4 is 63.9 Å². The number of nitrogens with zero attached hydrogens (tertiary/aromatic N) is 1. The first-order valence-corrected chi connectivity index (χ1v) is 13.3. The van der Waals surface area contributed by atoms with Gasteiger partial charge >= 0.3 is 5.97 Å². The molecule has 1 aromatic heterocycles. The maximum Gasteiger partial charge on any atom is 0.328 e. The topological polar surface area (TPSA) is 152 Å². The molecule has 2 aliphatic heterocycles. The number of dihydropyridines is 1. The molecule has 0 aliphatic carbocycles. The van der Waals surface area contributed by atoms with Gasteiger partial charge < -0.3 is 26.0 Å². The number of benzene rings is 1. The summed E-state index contributed by atoms with van der Waals surface area (Å²) in [5.74, 6) is -3.08. The lowest BCUT2D eigenvalue weighted by atomic mass is 9.96. The van der Waals surface area contributed by atoms with Crippen molar-refractivity contribution in [2.75, 3.05) is 13.1 Å². The Balaban J connectivity index is 1.45. The molecule has 0 bridgehead atoms. The molecule has 4 rings (SSSR count). The Bertz CT molecular complexity index is 1430. The maximum atomic E-state index is 13.0. The lowest BCUT2D eigenvalue weighted by Crippen LogP contribution is -2.48. The monoisotopic (exact) mass is 587 g/mol. The third-order valence-corrected chi connectivity index (χ3v) is 7.58. The first-order valence-electron chi connectivity index (χ1n) is 11.7. The van der Waals surface area contributed by atoms with Crippen molar-refractivity contribution in [3.05, 3.63) is 91.4 Å². The molecule has 0 radical (unpaired) electrons. The number of nitrogens with one attached hydrogen (secondary N) is 4. The second kappa shape index (κ2) is 12.3. The van der Waals surface area contributed by atoms with Crippen LogP contribution in [0.25, 0.3) is 0 Å². The molecule has 0 saturated carbocycles. The van der Waals surface area contributed by atoms with E-state index >= 15 is 0 Å². The Hall–Kier alpha value is -3.93. The first-order chi connectivity index (χ1) is 18.7. The highest BCUT2D eigenvalue weighted by atomic mass is 35.5. The number of amides is 3. The summed E-state index contributed by atoms with van der Waals surface area (Å²) in [7, 11) is 0. The number of carboxylic acid groups (broad SMARTS) is 1. The number of carboxylic acids is 1. The van der Waals surface area contributed by atoms with E-state index in [1.807, 2.05) is 0 Å². The molecule has 2 aliphatic rings. The standard InChI is InChI=1S/C26H23Cl2N5O5S/c27-17-10-14-13-33(25(36)18(29)11-15-4-1-2-7-30-15)8-6-16(14)22(28)21(17)24(35)32-19(26(37)38)12-31-23(34)20-5-3-9-39-20/h1-5,7,9-11,19,29-30H,6,8,12-13H2,(H,31,34)(H,32,35)(H,37,38)/b15-11-,29-18?/t19-/m0/s1. The van der Waals surface area contributed by atoms with Gasteiger partial charge in [-0.15, -0.1) is 11.3 Å². The van der Waals surface area contributed by atoms with Gasteiger partial charge in [-0.05, 0) is 53.3 Å². The van der Waals surface area contributed by atoms with Gasteiger partial charge in [-0.2, -0.15) is 0 Å². The smallest absolute Gasteiger partial charge is 0.328 e. The molecule has 39 heavy (non-hydrogen) atoms. The normalized spacial score (nSPS) is 15.7. The summed E-state index contributed by atoms with van der Waals surface area (Å²) in [6.45, 7) is 0.0466. The van der Waals surface area contributed by atoms with Gasteiger partial charge in [0.1, 0.15) is 11.8 Å². The van der Waals surface area contributed by atoms with Crippen molar-refractivity contribution in [1.29, 1.82) is 5.41 Å². The Morgan fingerprint density at radius 1 is 1.23 bits per heavy atom. The molecule has 202 valence electrons. The van der Waals surface area contributed by atoms with Crippen LogP contribution in [0.1, 0.15) is 31.2 Å². The van der Waals surface area contributed by atoms with Crippen molar-refractivity contribution < 1.29 is 24.3 Å². The number of allylic oxidation sites excluding steroid dienone is 3. The Morgan fingerprint density at radius 3 is 2.69 bits per heavy atom. The molecule has 0 unspecified atom stereocenters. The van der Waals surface area contributed by atoms with Gasteiger partial charge in [0, 0.05) is 31.5 Å². The molecule has 3 heterocycles. The summed E-state index contributed by atoms with van der Waals surface area (Å²) in [5, 5.41) is 27.3. The minimum Gasteiger partial charge on any atom is -0.480 e. The molecule has 0 spiro atoms. The van der Waals surface area contributed by atoms with Crippen LogP contribution in [-0.4, -0.2) is 58.5 Å². The number of fused-ring (bicyclic) bond motifs is 1. The highest BCUT2D eigenvalue weighted by molar-refractivity contribution is 7.12. The summed E-state index contributed by atoms with van der Waals surface area (Å²) in [5.41, 5.74) is 1.56. The quantitative estimate of drug-likeness (QED) is 0.299.